The van der Waals surface area contributed by atoms with E-state index in [1.807, 2.05) is 18.4 Å². The summed E-state index contributed by atoms with van der Waals surface area (Å²) in [7, 11) is 4.09. The van der Waals surface area contributed by atoms with Gasteiger partial charge in [-0.3, -0.25) is 4.99 Å². The Morgan fingerprint density at radius 3 is 2.62 bits per heavy atom. The van der Waals surface area contributed by atoms with Crippen LogP contribution in [0.25, 0.3) is 0 Å². The first-order chi connectivity index (χ1) is 11.0. The van der Waals surface area contributed by atoms with Gasteiger partial charge in [0.15, 0.2) is 5.96 Å². The van der Waals surface area contributed by atoms with Gasteiger partial charge >= 0.3 is 0 Å². The zero-order valence-electron chi connectivity index (χ0n) is 15.5. The molecular formula is C18H33IN4S. The number of aliphatic imine (C=N–C) groups is 1. The Morgan fingerprint density at radius 1 is 1.33 bits per heavy atom. The number of likely N-dealkylation sites (N-methyl/N-ethyl adjacent to an activating group) is 1. The molecule has 0 aromatic carbocycles. The number of thiophene rings is 1. The van der Waals surface area contributed by atoms with Gasteiger partial charge in [0.05, 0.1) is 0 Å². The Kier molecular flexibility index (Phi) is 9.59. The molecule has 4 nitrogen and oxygen atoms in total. The van der Waals surface area contributed by atoms with E-state index in [0.29, 0.717) is 0 Å². The average Bonchev–Trinajstić information content (AvgIpc) is 3.24. The number of hydrogen-bond acceptors (Lipinski definition) is 3. The molecule has 0 radical (unpaired) electrons. The highest BCUT2D eigenvalue weighted by molar-refractivity contribution is 14.0. The van der Waals surface area contributed by atoms with Crippen molar-refractivity contribution in [2.45, 2.75) is 51.0 Å². The van der Waals surface area contributed by atoms with Gasteiger partial charge in [-0.2, -0.15) is 0 Å². The minimum atomic E-state index is 0. The fraction of sp³-hybridized carbons (Fsp3) is 0.722. The van der Waals surface area contributed by atoms with Crippen LogP contribution in [0.2, 0.25) is 0 Å². The molecule has 0 amide bonds. The fourth-order valence-electron chi connectivity index (χ4n) is 3.15. The number of guanidine groups is 1. The normalized spacial score (nSPS) is 16.3. The van der Waals surface area contributed by atoms with E-state index in [1.165, 1.54) is 30.6 Å². The van der Waals surface area contributed by atoms with Crippen molar-refractivity contribution in [3.63, 3.8) is 0 Å². The molecule has 138 valence electrons. The third-order valence-electron chi connectivity index (χ3n) is 4.81. The van der Waals surface area contributed by atoms with Gasteiger partial charge in [-0.25, -0.2) is 0 Å². The molecule has 1 aromatic rings. The molecular weight excluding hydrogens is 431 g/mol. The summed E-state index contributed by atoms with van der Waals surface area (Å²) in [5.74, 6) is 0.898. The van der Waals surface area contributed by atoms with E-state index in [-0.39, 0.29) is 29.4 Å². The van der Waals surface area contributed by atoms with Crippen LogP contribution in [0.15, 0.2) is 22.5 Å². The van der Waals surface area contributed by atoms with Crippen molar-refractivity contribution in [1.29, 1.82) is 0 Å². The lowest BCUT2D eigenvalue weighted by molar-refractivity contribution is 0.249. The summed E-state index contributed by atoms with van der Waals surface area (Å²) in [5, 5.41) is 9.05. The van der Waals surface area contributed by atoms with Crippen LogP contribution in [-0.4, -0.2) is 50.6 Å². The van der Waals surface area contributed by atoms with Gasteiger partial charge in [-0.05, 0) is 31.3 Å². The molecule has 1 saturated carbocycles. The van der Waals surface area contributed by atoms with Gasteiger partial charge in [0.25, 0.3) is 0 Å². The SMILES string of the molecule is CN=C(NCCN(C)C1CCCC1)NCC(C)(C)c1cccs1.I. The zero-order chi connectivity index (χ0) is 16.7. The van der Waals surface area contributed by atoms with Gasteiger partial charge in [0.2, 0.25) is 0 Å². The molecule has 24 heavy (non-hydrogen) atoms. The second-order valence-electron chi connectivity index (χ2n) is 7.13. The monoisotopic (exact) mass is 464 g/mol. The molecule has 0 unspecified atom stereocenters. The van der Waals surface area contributed by atoms with Crippen molar-refractivity contribution in [3.8, 4) is 0 Å². The molecule has 0 aliphatic heterocycles. The first-order valence-electron chi connectivity index (χ1n) is 8.71. The molecule has 6 heteroatoms. The second kappa shape index (κ2) is 10.6. The smallest absolute Gasteiger partial charge is 0.191 e. The third kappa shape index (κ3) is 6.52. The standard InChI is InChI=1S/C18H32N4S.HI/c1-18(2,16-10-7-13-23-16)14-21-17(19-3)20-11-12-22(4)15-8-5-6-9-15;/h7,10,13,15H,5-6,8-9,11-12,14H2,1-4H3,(H2,19,20,21);1H. The van der Waals surface area contributed by atoms with Crippen molar-refractivity contribution in [3.05, 3.63) is 22.4 Å². The lowest BCUT2D eigenvalue weighted by Gasteiger charge is -2.26. The van der Waals surface area contributed by atoms with Gasteiger partial charge < -0.3 is 15.5 Å². The molecule has 1 aliphatic carbocycles. The molecule has 2 rings (SSSR count). The molecule has 0 bridgehead atoms. The van der Waals surface area contributed by atoms with Crippen LogP contribution in [0.1, 0.15) is 44.4 Å². The molecule has 1 aliphatic rings. The Morgan fingerprint density at radius 2 is 2.04 bits per heavy atom. The number of halogens is 1. The Bertz CT molecular complexity index is 481. The Labute approximate surface area is 168 Å². The first kappa shape index (κ1) is 21.7. The van der Waals surface area contributed by atoms with E-state index < -0.39 is 0 Å². The fourth-order valence-corrected chi connectivity index (χ4v) is 4.01. The predicted octanol–water partition coefficient (Wildman–Crippen LogP) is 3.68. The van der Waals surface area contributed by atoms with Crippen LogP contribution in [0.4, 0.5) is 0 Å². The van der Waals surface area contributed by atoms with Crippen LogP contribution >= 0.6 is 35.3 Å². The summed E-state index contributed by atoms with van der Waals surface area (Å²) in [5.41, 5.74) is 0.117. The van der Waals surface area contributed by atoms with Crippen LogP contribution < -0.4 is 10.6 Å². The van der Waals surface area contributed by atoms with E-state index >= 15 is 0 Å². The van der Waals surface area contributed by atoms with E-state index in [2.05, 4.69) is 58.9 Å². The van der Waals surface area contributed by atoms with Gasteiger partial charge in [-0.1, -0.05) is 32.8 Å². The number of nitrogens with one attached hydrogen (secondary N) is 2. The maximum Gasteiger partial charge on any atom is 0.191 e. The molecule has 0 saturated heterocycles. The predicted molar refractivity (Wildman–Crippen MR) is 117 cm³/mol. The minimum absolute atomic E-state index is 0. The lowest BCUT2D eigenvalue weighted by atomic mass is 9.91. The summed E-state index contributed by atoms with van der Waals surface area (Å²) in [6.45, 7) is 7.43. The minimum Gasteiger partial charge on any atom is -0.356 e. The van der Waals surface area contributed by atoms with Crippen LogP contribution in [0, 0.1) is 0 Å². The van der Waals surface area contributed by atoms with E-state index in [0.717, 1.165) is 31.6 Å². The van der Waals surface area contributed by atoms with Gasteiger partial charge in [0.1, 0.15) is 0 Å². The third-order valence-corrected chi connectivity index (χ3v) is 6.05. The van der Waals surface area contributed by atoms with E-state index in [1.54, 1.807) is 0 Å². The highest BCUT2D eigenvalue weighted by Gasteiger charge is 2.22. The van der Waals surface area contributed by atoms with E-state index in [9.17, 15) is 0 Å². The average molecular weight is 464 g/mol. The summed E-state index contributed by atoms with van der Waals surface area (Å²) < 4.78 is 0. The largest absolute Gasteiger partial charge is 0.356 e. The van der Waals surface area contributed by atoms with Gasteiger partial charge in [0, 0.05) is 43.0 Å². The van der Waals surface area contributed by atoms with Crippen molar-refractivity contribution in [2.75, 3.05) is 33.7 Å². The zero-order valence-corrected chi connectivity index (χ0v) is 18.6. The molecule has 1 aromatic heterocycles. The lowest BCUT2D eigenvalue weighted by Crippen LogP contribution is -2.45. The highest BCUT2D eigenvalue weighted by Crippen LogP contribution is 2.26. The first-order valence-corrected chi connectivity index (χ1v) is 9.59. The second-order valence-corrected chi connectivity index (χ2v) is 8.08. The van der Waals surface area contributed by atoms with Crippen LogP contribution in [0.5, 0.6) is 0 Å². The summed E-state index contributed by atoms with van der Waals surface area (Å²) in [6.07, 6.45) is 5.50. The molecule has 0 spiro atoms. The number of hydrogen-bond donors (Lipinski definition) is 2. The maximum absolute atomic E-state index is 4.35. The Balaban J connectivity index is 0.00000288. The molecule has 1 heterocycles. The quantitative estimate of drug-likeness (QED) is 0.368. The van der Waals surface area contributed by atoms with Crippen LogP contribution in [0.3, 0.4) is 0 Å². The maximum atomic E-state index is 4.35. The topological polar surface area (TPSA) is 39.7 Å². The molecule has 1 fully saturated rings. The van der Waals surface area contributed by atoms with Crippen molar-refractivity contribution < 1.29 is 0 Å². The van der Waals surface area contributed by atoms with Crippen molar-refractivity contribution in [2.24, 2.45) is 4.99 Å². The number of nitrogens with zero attached hydrogens (tertiary/aromatic N) is 2. The van der Waals surface area contributed by atoms with E-state index in [4.69, 9.17) is 0 Å². The highest BCUT2D eigenvalue weighted by atomic mass is 127. The Hall–Kier alpha value is -0.340. The molecule has 0 atom stereocenters. The van der Waals surface area contributed by atoms with Gasteiger partial charge in [-0.15, -0.1) is 35.3 Å². The summed E-state index contributed by atoms with van der Waals surface area (Å²) in [4.78, 5) is 8.24. The summed E-state index contributed by atoms with van der Waals surface area (Å²) in [6, 6.07) is 5.11. The van der Waals surface area contributed by atoms with Crippen molar-refractivity contribution in [1.82, 2.24) is 15.5 Å². The summed E-state index contributed by atoms with van der Waals surface area (Å²) >= 11 is 1.82. The van der Waals surface area contributed by atoms with Crippen molar-refractivity contribution >= 4 is 41.3 Å². The number of rotatable bonds is 7. The molecule has 2 N–H and O–H groups in total. The van der Waals surface area contributed by atoms with Crippen LogP contribution in [-0.2, 0) is 5.41 Å².